The monoisotopic (exact) mass is 306 g/mol. The number of benzene rings is 3. The molecule has 0 unspecified atom stereocenters. The highest BCUT2D eigenvalue weighted by molar-refractivity contribution is 6.11. The first-order valence-electron chi connectivity index (χ1n) is 7.01. The van der Waals surface area contributed by atoms with Crippen molar-refractivity contribution < 1.29 is 20.1 Å². The summed E-state index contributed by atoms with van der Waals surface area (Å²) in [5.74, 6) is -0.874. The summed E-state index contributed by atoms with van der Waals surface area (Å²) >= 11 is 0. The molecule has 0 atom stereocenters. The summed E-state index contributed by atoms with van der Waals surface area (Å²) < 4.78 is 0. The largest absolute Gasteiger partial charge is 0.507 e. The number of hydrogen-bond acceptors (Lipinski definition) is 4. The molecule has 0 bridgehead atoms. The average molecular weight is 306 g/mol. The zero-order valence-electron chi connectivity index (χ0n) is 12.1. The lowest BCUT2D eigenvalue weighted by Gasteiger charge is -2.05. The van der Waals surface area contributed by atoms with Crippen molar-refractivity contribution in [1.29, 1.82) is 0 Å². The van der Waals surface area contributed by atoms with Gasteiger partial charge in [0.2, 0.25) is 0 Å². The zero-order chi connectivity index (χ0) is 16.4. The van der Waals surface area contributed by atoms with Gasteiger partial charge in [-0.05, 0) is 35.2 Å². The Morgan fingerprint density at radius 3 is 2.43 bits per heavy atom. The predicted molar refractivity (Wildman–Crippen MR) is 88.7 cm³/mol. The molecular weight excluding hydrogens is 292 g/mol. The number of carbonyl (C=O) groups is 1. The summed E-state index contributed by atoms with van der Waals surface area (Å²) in [6.45, 7) is 0. The molecule has 0 aliphatic heterocycles. The van der Waals surface area contributed by atoms with Gasteiger partial charge in [-0.1, -0.05) is 42.5 Å². The molecule has 0 radical (unpaired) electrons. The molecule has 0 saturated heterocycles. The van der Waals surface area contributed by atoms with E-state index in [4.69, 9.17) is 0 Å². The van der Waals surface area contributed by atoms with Gasteiger partial charge in [0.25, 0.3) is 0 Å². The minimum atomic E-state index is -0.346. The van der Waals surface area contributed by atoms with E-state index in [0.29, 0.717) is 10.9 Å². The Hall–Kier alpha value is -3.27. The summed E-state index contributed by atoms with van der Waals surface area (Å²) in [5.41, 5.74) is 0.775. The van der Waals surface area contributed by atoms with Crippen molar-refractivity contribution in [2.24, 2.45) is 0 Å². The number of phenolic OH excluding ortho intramolecular Hbond substituents is 3. The Labute approximate surface area is 132 Å². The van der Waals surface area contributed by atoms with Crippen molar-refractivity contribution in [2.75, 3.05) is 0 Å². The lowest BCUT2D eigenvalue weighted by atomic mass is 10.0. The molecule has 0 fully saturated rings. The van der Waals surface area contributed by atoms with E-state index in [1.54, 1.807) is 30.3 Å². The van der Waals surface area contributed by atoms with Gasteiger partial charge in [-0.3, -0.25) is 4.79 Å². The minimum absolute atomic E-state index is 0.0497. The average Bonchev–Trinajstić information content (AvgIpc) is 2.56. The van der Waals surface area contributed by atoms with Crippen LogP contribution < -0.4 is 0 Å². The predicted octanol–water partition coefficient (Wildman–Crippen LogP) is 3.85. The lowest BCUT2D eigenvalue weighted by Crippen LogP contribution is -1.95. The molecule has 3 rings (SSSR count). The van der Waals surface area contributed by atoms with Crippen molar-refractivity contribution in [3.63, 3.8) is 0 Å². The first kappa shape index (κ1) is 14.7. The Morgan fingerprint density at radius 2 is 1.65 bits per heavy atom. The summed E-state index contributed by atoms with van der Waals surface area (Å²) in [6.07, 6.45) is 2.83. The molecule has 0 spiro atoms. The quantitative estimate of drug-likeness (QED) is 0.390. The number of aromatic hydroxyl groups is 3. The van der Waals surface area contributed by atoms with E-state index in [1.165, 1.54) is 24.3 Å². The molecule has 4 heteroatoms. The van der Waals surface area contributed by atoms with E-state index < -0.39 is 0 Å². The van der Waals surface area contributed by atoms with Crippen molar-refractivity contribution in [2.45, 2.75) is 0 Å². The third kappa shape index (κ3) is 2.87. The normalized spacial score (nSPS) is 11.1. The second-order valence-corrected chi connectivity index (χ2v) is 5.13. The van der Waals surface area contributed by atoms with Crippen LogP contribution in [0.25, 0.3) is 16.8 Å². The molecule has 0 saturated carbocycles. The highest BCUT2D eigenvalue weighted by Gasteiger charge is 2.11. The molecule has 23 heavy (non-hydrogen) atoms. The fourth-order valence-corrected chi connectivity index (χ4v) is 2.36. The third-order valence-corrected chi connectivity index (χ3v) is 3.59. The molecule has 0 aliphatic rings. The summed E-state index contributed by atoms with van der Waals surface area (Å²) in [7, 11) is 0. The van der Waals surface area contributed by atoms with Crippen LogP contribution in [-0.2, 0) is 0 Å². The number of rotatable bonds is 3. The SMILES string of the molecule is O=C(/C=C/c1ccc(O)c(O)c1)c1ccc2ccccc2c1O. The number of ketones is 1. The molecule has 114 valence electrons. The first-order valence-corrected chi connectivity index (χ1v) is 7.01. The lowest BCUT2D eigenvalue weighted by molar-refractivity contribution is 0.104. The number of carbonyl (C=O) groups excluding carboxylic acids is 1. The maximum absolute atomic E-state index is 12.3. The van der Waals surface area contributed by atoms with Crippen LogP contribution in [0, 0.1) is 0 Å². The van der Waals surface area contributed by atoms with Crippen molar-refractivity contribution in [3.05, 3.63) is 71.8 Å². The maximum Gasteiger partial charge on any atom is 0.189 e. The molecule has 3 aromatic rings. The summed E-state index contributed by atoms with van der Waals surface area (Å²) in [5, 5.41) is 30.4. The van der Waals surface area contributed by atoms with E-state index in [1.807, 2.05) is 12.1 Å². The fourth-order valence-electron chi connectivity index (χ4n) is 2.36. The standard InChI is InChI=1S/C19H14O4/c20-16(9-5-12-6-10-17(21)18(22)11-12)15-8-7-13-3-1-2-4-14(13)19(15)23/h1-11,21-23H/b9-5+. The summed E-state index contributed by atoms with van der Waals surface area (Å²) in [6, 6.07) is 14.9. The number of phenols is 3. The third-order valence-electron chi connectivity index (χ3n) is 3.59. The van der Waals surface area contributed by atoms with Gasteiger partial charge in [0.1, 0.15) is 5.75 Å². The van der Waals surface area contributed by atoms with Gasteiger partial charge in [-0.2, -0.15) is 0 Å². The Balaban J connectivity index is 1.92. The van der Waals surface area contributed by atoms with E-state index in [2.05, 4.69) is 0 Å². The van der Waals surface area contributed by atoms with Crippen LogP contribution in [0.15, 0.2) is 60.7 Å². The maximum atomic E-state index is 12.3. The van der Waals surface area contributed by atoms with Crippen LogP contribution in [0.2, 0.25) is 0 Å². The van der Waals surface area contributed by atoms with Crippen LogP contribution in [0.1, 0.15) is 15.9 Å². The second kappa shape index (κ2) is 5.85. The zero-order valence-corrected chi connectivity index (χ0v) is 12.1. The molecule has 3 aromatic carbocycles. The number of allylic oxidation sites excluding steroid dienone is 1. The molecule has 0 aromatic heterocycles. The van der Waals surface area contributed by atoms with Gasteiger partial charge < -0.3 is 15.3 Å². The van der Waals surface area contributed by atoms with Crippen LogP contribution >= 0.6 is 0 Å². The van der Waals surface area contributed by atoms with Gasteiger partial charge in [-0.15, -0.1) is 0 Å². The van der Waals surface area contributed by atoms with Crippen LogP contribution in [0.3, 0.4) is 0 Å². The molecule has 4 nitrogen and oxygen atoms in total. The van der Waals surface area contributed by atoms with E-state index in [9.17, 15) is 20.1 Å². The van der Waals surface area contributed by atoms with Crippen molar-refractivity contribution in [3.8, 4) is 17.2 Å². The molecule has 0 aliphatic carbocycles. The number of hydrogen-bond donors (Lipinski definition) is 3. The van der Waals surface area contributed by atoms with Gasteiger partial charge in [-0.25, -0.2) is 0 Å². The fraction of sp³-hybridized carbons (Fsp3) is 0. The van der Waals surface area contributed by atoms with Crippen LogP contribution in [0.5, 0.6) is 17.2 Å². The smallest absolute Gasteiger partial charge is 0.189 e. The molecule has 0 amide bonds. The van der Waals surface area contributed by atoms with E-state index in [-0.39, 0.29) is 28.6 Å². The Morgan fingerprint density at radius 1 is 0.870 bits per heavy atom. The van der Waals surface area contributed by atoms with Gasteiger partial charge >= 0.3 is 0 Å². The summed E-state index contributed by atoms with van der Waals surface area (Å²) in [4.78, 5) is 12.3. The van der Waals surface area contributed by atoms with Crippen LogP contribution in [0.4, 0.5) is 0 Å². The number of fused-ring (bicyclic) bond motifs is 1. The van der Waals surface area contributed by atoms with Gasteiger partial charge in [0.05, 0.1) is 5.56 Å². The topological polar surface area (TPSA) is 77.8 Å². The second-order valence-electron chi connectivity index (χ2n) is 5.13. The van der Waals surface area contributed by atoms with E-state index >= 15 is 0 Å². The molecule has 3 N–H and O–H groups in total. The molecule has 0 heterocycles. The van der Waals surface area contributed by atoms with Gasteiger partial charge in [0.15, 0.2) is 17.3 Å². The Kier molecular flexibility index (Phi) is 3.73. The van der Waals surface area contributed by atoms with Crippen molar-refractivity contribution in [1.82, 2.24) is 0 Å². The van der Waals surface area contributed by atoms with Gasteiger partial charge in [0, 0.05) is 5.39 Å². The Bertz CT molecular complexity index is 926. The minimum Gasteiger partial charge on any atom is -0.507 e. The van der Waals surface area contributed by atoms with Crippen LogP contribution in [-0.4, -0.2) is 21.1 Å². The highest BCUT2D eigenvalue weighted by Crippen LogP contribution is 2.29. The first-order chi connectivity index (χ1) is 11.1. The molecular formula is C19H14O4. The van der Waals surface area contributed by atoms with E-state index in [0.717, 1.165) is 5.39 Å². The highest BCUT2D eigenvalue weighted by atomic mass is 16.3. The van der Waals surface area contributed by atoms with Crippen molar-refractivity contribution >= 4 is 22.6 Å².